The number of hydrogen-bond donors (Lipinski definition) is 2. The van der Waals surface area contributed by atoms with Gasteiger partial charge in [0.2, 0.25) is 5.91 Å². The summed E-state index contributed by atoms with van der Waals surface area (Å²) in [7, 11) is 0. The van der Waals surface area contributed by atoms with Crippen LogP contribution >= 0.6 is 0 Å². The number of rotatable bonds is 5. The molecule has 0 saturated heterocycles. The number of amides is 1. The summed E-state index contributed by atoms with van der Waals surface area (Å²) in [6.07, 6.45) is 7.38. The van der Waals surface area contributed by atoms with Crippen molar-refractivity contribution in [3.63, 3.8) is 0 Å². The van der Waals surface area contributed by atoms with Crippen molar-refractivity contribution in [3.8, 4) is 0 Å². The molecule has 3 heteroatoms. The minimum Gasteiger partial charge on any atom is -0.350 e. The van der Waals surface area contributed by atoms with Gasteiger partial charge in [-0.25, -0.2) is 0 Å². The van der Waals surface area contributed by atoms with Crippen molar-refractivity contribution in [3.05, 3.63) is 0 Å². The van der Waals surface area contributed by atoms with Gasteiger partial charge in [-0.3, -0.25) is 4.79 Å². The Morgan fingerprint density at radius 3 is 2.44 bits per heavy atom. The molecule has 1 aliphatic carbocycles. The molecule has 0 heterocycles. The summed E-state index contributed by atoms with van der Waals surface area (Å²) >= 11 is 0. The molecular formula is C13H26N2O. The molecule has 0 bridgehead atoms. The maximum Gasteiger partial charge on any atom is 0.234 e. The lowest BCUT2D eigenvalue weighted by molar-refractivity contribution is -0.122. The van der Waals surface area contributed by atoms with Crippen molar-refractivity contribution < 1.29 is 4.79 Å². The van der Waals surface area contributed by atoms with E-state index in [0.29, 0.717) is 12.6 Å². The van der Waals surface area contributed by atoms with Crippen LogP contribution in [0.4, 0.5) is 0 Å². The lowest BCUT2D eigenvalue weighted by atomic mass is 9.95. The maximum atomic E-state index is 11.7. The van der Waals surface area contributed by atoms with E-state index >= 15 is 0 Å². The van der Waals surface area contributed by atoms with Crippen LogP contribution in [-0.4, -0.2) is 24.0 Å². The first-order valence-corrected chi connectivity index (χ1v) is 6.58. The third-order valence-corrected chi connectivity index (χ3v) is 3.52. The van der Waals surface area contributed by atoms with E-state index < -0.39 is 0 Å². The first kappa shape index (κ1) is 13.5. The van der Waals surface area contributed by atoms with E-state index in [0.717, 1.165) is 6.42 Å². The molecule has 0 aromatic rings. The fourth-order valence-electron chi connectivity index (χ4n) is 2.05. The molecule has 3 nitrogen and oxygen atoms in total. The van der Waals surface area contributed by atoms with Crippen molar-refractivity contribution in [2.45, 2.75) is 70.9 Å². The van der Waals surface area contributed by atoms with Crippen LogP contribution in [0.3, 0.4) is 0 Å². The number of carbonyl (C=O) groups excluding carboxylic acids is 1. The minimum atomic E-state index is -0.0780. The Morgan fingerprint density at radius 2 is 1.88 bits per heavy atom. The van der Waals surface area contributed by atoms with Gasteiger partial charge in [0.1, 0.15) is 0 Å². The molecule has 0 aromatic carbocycles. The van der Waals surface area contributed by atoms with E-state index in [9.17, 15) is 4.79 Å². The quantitative estimate of drug-likeness (QED) is 0.754. The second-order valence-electron chi connectivity index (χ2n) is 5.50. The smallest absolute Gasteiger partial charge is 0.234 e. The zero-order valence-corrected chi connectivity index (χ0v) is 10.9. The topological polar surface area (TPSA) is 41.1 Å². The summed E-state index contributed by atoms with van der Waals surface area (Å²) in [6.45, 7) is 6.68. The van der Waals surface area contributed by atoms with Gasteiger partial charge in [0.05, 0.1) is 6.54 Å². The van der Waals surface area contributed by atoms with Crippen LogP contribution in [0.5, 0.6) is 0 Å². The highest BCUT2D eigenvalue weighted by Crippen LogP contribution is 2.17. The number of carbonyl (C=O) groups is 1. The molecule has 16 heavy (non-hydrogen) atoms. The summed E-state index contributed by atoms with van der Waals surface area (Å²) in [6, 6.07) is 0.559. The number of hydrogen-bond acceptors (Lipinski definition) is 2. The molecule has 2 N–H and O–H groups in total. The van der Waals surface area contributed by atoms with E-state index in [2.05, 4.69) is 31.4 Å². The van der Waals surface area contributed by atoms with Crippen LogP contribution in [-0.2, 0) is 4.79 Å². The van der Waals surface area contributed by atoms with Gasteiger partial charge in [0, 0.05) is 11.6 Å². The summed E-state index contributed by atoms with van der Waals surface area (Å²) < 4.78 is 0. The number of nitrogens with one attached hydrogen (secondary N) is 2. The van der Waals surface area contributed by atoms with Crippen molar-refractivity contribution in [2.24, 2.45) is 0 Å². The van der Waals surface area contributed by atoms with Crippen molar-refractivity contribution in [1.29, 1.82) is 0 Å². The summed E-state index contributed by atoms with van der Waals surface area (Å²) in [5.41, 5.74) is -0.0780. The van der Waals surface area contributed by atoms with E-state index in [-0.39, 0.29) is 11.4 Å². The molecule has 0 aliphatic heterocycles. The lowest BCUT2D eigenvalue weighted by Crippen LogP contribution is -2.48. The highest BCUT2D eigenvalue weighted by molar-refractivity contribution is 5.78. The highest BCUT2D eigenvalue weighted by atomic mass is 16.2. The van der Waals surface area contributed by atoms with Crippen LogP contribution in [0.15, 0.2) is 0 Å². The van der Waals surface area contributed by atoms with Gasteiger partial charge < -0.3 is 10.6 Å². The molecular weight excluding hydrogens is 200 g/mol. The molecule has 94 valence electrons. The van der Waals surface area contributed by atoms with Crippen molar-refractivity contribution >= 4 is 5.91 Å². The molecule has 1 aliphatic rings. The van der Waals surface area contributed by atoms with Gasteiger partial charge in [-0.1, -0.05) is 26.2 Å². The van der Waals surface area contributed by atoms with Crippen LogP contribution in [0, 0.1) is 0 Å². The van der Waals surface area contributed by atoms with Gasteiger partial charge in [-0.2, -0.15) is 0 Å². The summed E-state index contributed by atoms with van der Waals surface area (Å²) in [4.78, 5) is 11.7. The highest BCUT2D eigenvalue weighted by Gasteiger charge is 2.19. The monoisotopic (exact) mass is 226 g/mol. The fraction of sp³-hybridized carbons (Fsp3) is 0.923. The van der Waals surface area contributed by atoms with Crippen LogP contribution < -0.4 is 10.6 Å². The minimum absolute atomic E-state index is 0.0780. The molecule has 0 aromatic heterocycles. The second kappa shape index (κ2) is 6.24. The summed E-state index contributed by atoms with van der Waals surface area (Å²) in [5.74, 6) is 0.123. The Kier molecular flexibility index (Phi) is 5.26. The van der Waals surface area contributed by atoms with Crippen LogP contribution in [0.1, 0.15) is 59.3 Å². The lowest BCUT2D eigenvalue weighted by Gasteiger charge is -2.26. The van der Waals surface area contributed by atoms with E-state index in [1.165, 1.54) is 32.1 Å². The summed E-state index contributed by atoms with van der Waals surface area (Å²) in [5, 5.41) is 6.40. The zero-order valence-electron chi connectivity index (χ0n) is 10.9. The predicted octanol–water partition coefficient (Wildman–Crippen LogP) is 2.21. The molecule has 0 radical (unpaired) electrons. The standard InChI is InChI=1S/C13H26N2O/c1-4-13(2,3)15-12(16)10-14-11-8-6-5-7-9-11/h11,14H,4-10H2,1-3H3,(H,15,16). The molecule has 1 amide bonds. The Bertz CT molecular complexity index is 220. The van der Waals surface area contributed by atoms with E-state index in [4.69, 9.17) is 0 Å². The van der Waals surface area contributed by atoms with Crippen LogP contribution in [0.2, 0.25) is 0 Å². The Balaban J connectivity index is 2.19. The molecule has 1 rings (SSSR count). The predicted molar refractivity (Wildman–Crippen MR) is 67.4 cm³/mol. The Hall–Kier alpha value is -0.570. The average Bonchev–Trinajstić information content (AvgIpc) is 2.27. The average molecular weight is 226 g/mol. The van der Waals surface area contributed by atoms with Gasteiger partial charge >= 0.3 is 0 Å². The third kappa shape index (κ3) is 4.97. The van der Waals surface area contributed by atoms with Gasteiger partial charge in [-0.15, -0.1) is 0 Å². The molecule has 0 unspecified atom stereocenters. The Morgan fingerprint density at radius 1 is 1.25 bits per heavy atom. The zero-order chi connectivity index (χ0) is 12.0. The largest absolute Gasteiger partial charge is 0.350 e. The molecule has 1 saturated carbocycles. The molecule has 1 fully saturated rings. The molecule has 0 atom stereocenters. The maximum absolute atomic E-state index is 11.7. The molecule has 0 spiro atoms. The first-order chi connectivity index (χ1) is 7.53. The normalized spacial score (nSPS) is 18.4. The van der Waals surface area contributed by atoms with Crippen molar-refractivity contribution in [1.82, 2.24) is 10.6 Å². The first-order valence-electron chi connectivity index (χ1n) is 6.58. The van der Waals surface area contributed by atoms with E-state index in [1.807, 2.05) is 0 Å². The van der Waals surface area contributed by atoms with Crippen molar-refractivity contribution in [2.75, 3.05) is 6.54 Å². The van der Waals surface area contributed by atoms with E-state index in [1.54, 1.807) is 0 Å². The third-order valence-electron chi connectivity index (χ3n) is 3.52. The fourth-order valence-corrected chi connectivity index (χ4v) is 2.05. The van der Waals surface area contributed by atoms with Gasteiger partial charge in [0.25, 0.3) is 0 Å². The van der Waals surface area contributed by atoms with Crippen LogP contribution in [0.25, 0.3) is 0 Å². The van der Waals surface area contributed by atoms with Gasteiger partial charge in [0.15, 0.2) is 0 Å². The van der Waals surface area contributed by atoms with Gasteiger partial charge in [-0.05, 0) is 33.1 Å². The second-order valence-corrected chi connectivity index (χ2v) is 5.50. The SMILES string of the molecule is CCC(C)(C)NC(=O)CNC1CCCCC1. The Labute approximate surface area is 99.4 Å².